The first kappa shape index (κ1) is 20.1. The highest BCUT2D eigenvalue weighted by molar-refractivity contribution is 5.78. The minimum absolute atomic E-state index is 0.0485. The summed E-state index contributed by atoms with van der Waals surface area (Å²) in [5, 5.41) is 3.06. The summed E-state index contributed by atoms with van der Waals surface area (Å²) in [6.45, 7) is 4.84. The zero-order valence-corrected chi connectivity index (χ0v) is 16.4. The standard InChI is InChI=1S/C20H29N5O3/c1-2-10-24-16-5-3-4-6-17(16)25(20(24)28)13-9-19(27)22-15-7-11-23(12-8-15)14-18(21)26/h3-6,15H,2,7-14H2,1H3,(H2,21,26)(H,22,27). The zero-order chi connectivity index (χ0) is 20.1. The Morgan fingerprint density at radius 3 is 2.29 bits per heavy atom. The van der Waals surface area contributed by atoms with Gasteiger partial charge in [-0.2, -0.15) is 0 Å². The van der Waals surface area contributed by atoms with Crippen molar-refractivity contribution in [1.82, 2.24) is 19.4 Å². The molecule has 3 N–H and O–H groups in total. The van der Waals surface area contributed by atoms with Gasteiger partial charge >= 0.3 is 5.69 Å². The van der Waals surface area contributed by atoms with E-state index in [2.05, 4.69) is 5.32 Å². The molecular formula is C20H29N5O3. The predicted octanol–water partition coefficient (Wildman–Crippen LogP) is 0.669. The molecule has 152 valence electrons. The molecule has 1 aliphatic heterocycles. The third-order valence-electron chi connectivity index (χ3n) is 5.27. The van der Waals surface area contributed by atoms with Crippen LogP contribution in [0.3, 0.4) is 0 Å². The second-order valence-corrected chi connectivity index (χ2v) is 7.41. The summed E-state index contributed by atoms with van der Waals surface area (Å²) in [7, 11) is 0. The number of nitrogens with zero attached hydrogens (tertiary/aromatic N) is 3. The van der Waals surface area contributed by atoms with Crippen LogP contribution in [0, 0.1) is 0 Å². The number of nitrogens with one attached hydrogen (secondary N) is 1. The molecule has 0 radical (unpaired) electrons. The van der Waals surface area contributed by atoms with Gasteiger partial charge in [0, 0.05) is 38.6 Å². The largest absolute Gasteiger partial charge is 0.369 e. The Hall–Kier alpha value is -2.61. The van der Waals surface area contributed by atoms with Gasteiger partial charge in [0.15, 0.2) is 0 Å². The van der Waals surface area contributed by atoms with E-state index in [1.165, 1.54) is 0 Å². The first-order chi connectivity index (χ1) is 13.5. The van der Waals surface area contributed by atoms with E-state index in [9.17, 15) is 14.4 Å². The Morgan fingerprint density at radius 1 is 1.11 bits per heavy atom. The van der Waals surface area contributed by atoms with Crippen LogP contribution in [0.25, 0.3) is 11.0 Å². The lowest BCUT2D eigenvalue weighted by atomic mass is 10.0. The number of imidazole rings is 1. The topological polar surface area (TPSA) is 102 Å². The first-order valence-electron chi connectivity index (χ1n) is 9.97. The smallest absolute Gasteiger partial charge is 0.329 e. The van der Waals surface area contributed by atoms with Crippen molar-refractivity contribution in [3.8, 4) is 0 Å². The van der Waals surface area contributed by atoms with Crippen molar-refractivity contribution in [2.24, 2.45) is 5.73 Å². The van der Waals surface area contributed by atoms with E-state index >= 15 is 0 Å². The number of carbonyl (C=O) groups excluding carboxylic acids is 2. The number of para-hydroxylation sites is 2. The van der Waals surface area contributed by atoms with Crippen molar-refractivity contribution in [1.29, 1.82) is 0 Å². The average Bonchev–Trinajstić information content (AvgIpc) is 2.93. The number of amides is 2. The number of primary amides is 1. The van der Waals surface area contributed by atoms with E-state index in [0.717, 1.165) is 43.4 Å². The molecule has 0 unspecified atom stereocenters. The molecule has 1 saturated heterocycles. The molecule has 28 heavy (non-hydrogen) atoms. The summed E-state index contributed by atoms with van der Waals surface area (Å²) < 4.78 is 3.47. The summed E-state index contributed by atoms with van der Waals surface area (Å²) in [6, 6.07) is 7.82. The zero-order valence-electron chi connectivity index (χ0n) is 16.4. The highest BCUT2D eigenvalue weighted by Gasteiger charge is 2.21. The molecule has 2 aromatic rings. The normalized spacial score (nSPS) is 15.8. The number of aryl methyl sites for hydroxylation is 2. The number of hydrogen-bond acceptors (Lipinski definition) is 4. The van der Waals surface area contributed by atoms with Gasteiger partial charge in [-0.15, -0.1) is 0 Å². The molecule has 2 amide bonds. The molecule has 0 aliphatic carbocycles. The molecule has 8 nitrogen and oxygen atoms in total. The maximum absolute atomic E-state index is 12.8. The van der Waals surface area contributed by atoms with E-state index in [1.54, 1.807) is 9.13 Å². The van der Waals surface area contributed by atoms with Crippen molar-refractivity contribution in [2.75, 3.05) is 19.6 Å². The van der Waals surface area contributed by atoms with Crippen molar-refractivity contribution >= 4 is 22.8 Å². The van der Waals surface area contributed by atoms with Crippen LogP contribution in [0.5, 0.6) is 0 Å². The van der Waals surface area contributed by atoms with Gasteiger partial charge in [-0.25, -0.2) is 4.79 Å². The molecule has 0 spiro atoms. The molecule has 1 fully saturated rings. The van der Waals surface area contributed by atoms with Crippen molar-refractivity contribution in [3.63, 3.8) is 0 Å². The fraction of sp³-hybridized carbons (Fsp3) is 0.550. The van der Waals surface area contributed by atoms with E-state index in [0.29, 0.717) is 13.1 Å². The van der Waals surface area contributed by atoms with E-state index in [-0.39, 0.29) is 36.5 Å². The molecule has 0 bridgehead atoms. The Bertz CT molecular complexity index is 893. The third kappa shape index (κ3) is 4.62. The number of likely N-dealkylation sites (tertiary alicyclic amines) is 1. The Morgan fingerprint density at radius 2 is 1.71 bits per heavy atom. The minimum atomic E-state index is -0.324. The lowest BCUT2D eigenvalue weighted by molar-refractivity contribution is -0.123. The number of hydrogen-bond donors (Lipinski definition) is 2. The Balaban J connectivity index is 1.58. The molecule has 1 aromatic heterocycles. The summed E-state index contributed by atoms with van der Waals surface area (Å²) in [6.07, 6.45) is 2.74. The van der Waals surface area contributed by atoms with Crippen LogP contribution in [0.15, 0.2) is 29.1 Å². The van der Waals surface area contributed by atoms with Gasteiger partial charge in [-0.3, -0.25) is 23.6 Å². The van der Waals surface area contributed by atoms with Gasteiger partial charge in [-0.1, -0.05) is 19.1 Å². The number of piperidine rings is 1. The van der Waals surface area contributed by atoms with Crippen molar-refractivity contribution in [3.05, 3.63) is 34.7 Å². The number of fused-ring (bicyclic) bond motifs is 1. The second kappa shape index (κ2) is 9.05. The van der Waals surface area contributed by atoms with Crippen LogP contribution in [0.4, 0.5) is 0 Å². The molecule has 2 heterocycles. The molecule has 1 aliphatic rings. The maximum atomic E-state index is 12.8. The van der Waals surface area contributed by atoms with Gasteiger partial charge in [0.25, 0.3) is 0 Å². The minimum Gasteiger partial charge on any atom is -0.369 e. The van der Waals surface area contributed by atoms with Crippen LogP contribution in [0.2, 0.25) is 0 Å². The van der Waals surface area contributed by atoms with Gasteiger partial charge in [-0.05, 0) is 31.4 Å². The highest BCUT2D eigenvalue weighted by Crippen LogP contribution is 2.14. The highest BCUT2D eigenvalue weighted by atomic mass is 16.2. The summed E-state index contributed by atoms with van der Waals surface area (Å²) in [5.41, 5.74) is 6.95. The number of aromatic nitrogens is 2. The molecule has 3 rings (SSSR count). The summed E-state index contributed by atoms with van der Waals surface area (Å²) in [4.78, 5) is 38.2. The summed E-state index contributed by atoms with van der Waals surface area (Å²) >= 11 is 0. The van der Waals surface area contributed by atoms with Crippen LogP contribution in [-0.4, -0.2) is 51.5 Å². The average molecular weight is 387 g/mol. The van der Waals surface area contributed by atoms with E-state index in [1.807, 2.05) is 36.1 Å². The van der Waals surface area contributed by atoms with Crippen molar-refractivity contribution < 1.29 is 9.59 Å². The van der Waals surface area contributed by atoms with Crippen LogP contribution in [0.1, 0.15) is 32.6 Å². The Kier molecular flexibility index (Phi) is 6.51. The number of nitrogens with two attached hydrogens (primary N) is 1. The van der Waals surface area contributed by atoms with Crippen LogP contribution < -0.4 is 16.7 Å². The van der Waals surface area contributed by atoms with Crippen LogP contribution in [-0.2, 0) is 22.7 Å². The molecule has 0 atom stereocenters. The molecular weight excluding hydrogens is 358 g/mol. The quantitative estimate of drug-likeness (QED) is 0.695. The first-order valence-corrected chi connectivity index (χ1v) is 9.97. The second-order valence-electron chi connectivity index (χ2n) is 7.41. The maximum Gasteiger partial charge on any atom is 0.329 e. The number of benzene rings is 1. The summed E-state index contributed by atoms with van der Waals surface area (Å²) in [5.74, 6) is -0.372. The van der Waals surface area contributed by atoms with E-state index in [4.69, 9.17) is 5.73 Å². The van der Waals surface area contributed by atoms with Crippen molar-refractivity contribution in [2.45, 2.75) is 51.7 Å². The molecule has 1 aromatic carbocycles. The van der Waals surface area contributed by atoms with E-state index < -0.39 is 0 Å². The number of carbonyl (C=O) groups is 2. The lowest BCUT2D eigenvalue weighted by Gasteiger charge is -2.31. The third-order valence-corrected chi connectivity index (χ3v) is 5.27. The number of rotatable bonds is 8. The van der Waals surface area contributed by atoms with Gasteiger partial charge < -0.3 is 11.1 Å². The molecule has 8 heteroatoms. The SMILES string of the molecule is CCCn1c(=O)n(CCC(=O)NC2CCN(CC(N)=O)CC2)c2ccccc21. The predicted molar refractivity (Wildman–Crippen MR) is 108 cm³/mol. The fourth-order valence-electron chi connectivity index (χ4n) is 3.90. The van der Waals surface area contributed by atoms with Gasteiger partial charge in [0.05, 0.1) is 17.6 Å². The monoisotopic (exact) mass is 387 g/mol. The fourth-order valence-corrected chi connectivity index (χ4v) is 3.90. The Labute approximate surface area is 164 Å². The van der Waals surface area contributed by atoms with Gasteiger partial charge in [0.2, 0.25) is 11.8 Å². The van der Waals surface area contributed by atoms with Gasteiger partial charge in [0.1, 0.15) is 0 Å². The lowest BCUT2D eigenvalue weighted by Crippen LogP contribution is -2.46. The van der Waals surface area contributed by atoms with Crippen LogP contribution >= 0.6 is 0 Å². The molecule has 0 saturated carbocycles.